The van der Waals surface area contributed by atoms with E-state index in [1.54, 1.807) is 0 Å². The highest BCUT2D eigenvalue weighted by Gasteiger charge is 2.16. The van der Waals surface area contributed by atoms with Gasteiger partial charge in [0.05, 0.1) is 0 Å². The lowest BCUT2D eigenvalue weighted by atomic mass is 9.89. The first-order chi connectivity index (χ1) is 11.7. The van der Waals surface area contributed by atoms with Gasteiger partial charge in [0, 0.05) is 19.0 Å². The van der Waals surface area contributed by atoms with Crippen molar-refractivity contribution >= 4 is 5.91 Å². The molecule has 2 N–H and O–H groups in total. The predicted molar refractivity (Wildman–Crippen MR) is 99.9 cm³/mol. The van der Waals surface area contributed by atoms with Crippen molar-refractivity contribution in [3.63, 3.8) is 0 Å². The van der Waals surface area contributed by atoms with E-state index in [-0.39, 0.29) is 11.9 Å². The van der Waals surface area contributed by atoms with Crippen LogP contribution in [0, 0.1) is 5.92 Å². The second-order valence-electron chi connectivity index (χ2n) is 6.44. The molecule has 0 spiro atoms. The molecule has 1 atom stereocenters. The molecule has 2 aromatic rings. The Morgan fingerprint density at radius 1 is 0.917 bits per heavy atom. The number of hydrogen-bond donors (Lipinski definition) is 2. The maximum absolute atomic E-state index is 12.3. The van der Waals surface area contributed by atoms with E-state index in [4.69, 9.17) is 0 Å². The van der Waals surface area contributed by atoms with Gasteiger partial charge in [-0.15, -0.1) is 0 Å². The molecule has 0 radical (unpaired) electrons. The number of carbonyl (C=O) groups is 1. The largest absolute Gasteiger partial charge is 0.355 e. The molecule has 2 rings (SSSR count). The number of amides is 1. The summed E-state index contributed by atoms with van der Waals surface area (Å²) in [5.74, 6) is 0.439. The molecule has 0 aromatic heterocycles. The van der Waals surface area contributed by atoms with Gasteiger partial charge in [0.2, 0.25) is 5.91 Å². The summed E-state index contributed by atoms with van der Waals surface area (Å²) in [7, 11) is 1.91. The summed E-state index contributed by atoms with van der Waals surface area (Å²) in [4.78, 5) is 12.3. The topological polar surface area (TPSA) is 41.1 Å². The molecule has 0 aliphatic rings. The van der Waals surface area contributed by atoms with Crippen LogP contribution in [0.25, 0.3) is 0 Å². The Labute approximate surface area is 145 Å². The van der Waals surface area contributed by atoms with Crippen molar-refractivity contribution in [3.8, 4) is 0 Å². The minimum Gasteiger partial charge on any atom is -0.355 e. The zero-order chi connectivity index (χ0) is 17.2. The van der Waals surface area contributed by atoms with Crippen molar-refractivity contribution in [2.75, 3.05) is 13.6 Å². The van der Waals surface area contributed by atoms with Crippen LogP contribution in [0.5, 0.6) is 0 Å². The van der Waals surface area contributed by atoms with E-state index in [2.05, 4.69) is 66.1 Å². The SMILES string of the molecule is CNC(C)CNC(=O)CC(Cc1ccccc1)Cc1ccccc1. The third-order valence-electron chi connectivity index (χ3n) is 4.31. The monoisotopic (exact) mass is 324 g/mol. The molecule has 0 saturated carbocycles. The number of benzene rings is 2. The van der Waals surface area contributed by atoms with E-state index in [0.717, 1.165) is 12.8 Å². The van der Waals surface area contributed by atoms with Gasteiger partial charge in [-0.1, -0.05) is 60.7 Å². The summed E-state index contributed by atoms with van der Waals surface area (Å²) in [6, 6.07) is 21.1. The van der Waals surface area contributed by atoms with Crippen molar-refractivity contribution < 1.29 is 4.79 Å². The first-order valence-electron chi connectivity index (χ1n) is 8.69. The Morgan fingerprint density at radius 2 is 1.42 bits per heavy atom. The van der Waals surface area contributed by atoms with Gasteiger partial charge in [-0.3, -0.25) is 4.79 Å². The second-order valence-corrected chi connectivity index (χ2v) is 6.44. The van der Waals surface area contributed by atoms with E-state index >= 15 is 0 Å². The zero-order valence-electron chi connectivity index (χ0n) is 14.7. The average molecular weight is 324 g/mol. The summed E-state index contributed by atoms with van der Waals surface area (Å²) >= 11 is 0. The Kier molecular flexibility index (Phi) is 7.50. The molecule has 0 heterocycles. The molecule has 0 saturated heterocycles. The van der Waals surface area contributed by atoms with E-state index in [1.165, 1.54) is 11.1 Å². The van der Waals surface area contributed by atoms with Crippen LogP contribution in [0.1, 0.15) is 24.5 Å². The fourth-order valence-corrected chi connectivity index (χ4v) is 2.81. The van der Waals surface area contributed by atoms with Gasteiger partial charge in [0.25, 0.3) is 0 Å². The number of rotatable bonds is 9. The van der Waals surface area contributed by atoms with Gasteiger partial charge in [0.1, 0.15) is 0 Å². The Morgan fingerprint density at radius 3 is 1.88 bits per heavy atom. The maximum atomic E-state index is 12.3. The van der Waals surface area contributed by atoms with Crippen molar-refractivity contribution in [1.82, 2.24) is 10.6 Å². The van der Waals surface area contributed by atoms with Gasteiger partial charge in [-0.05, 0) is 43.9 Å². The Hall–Kier alpha value is -2.13. The molecular formula is C21H28N2O. The van der Waals surface area contributed by atoms with Crippen LogP contribution in [0.3, 0.4) is 0 Å². The molecule has 0 bridgehead atoms. The molecule has 128 valence electrons. The van der Waals surface area contributed by atoms with Gasteiger partial charge in [0.15, 0.2) is 0 Å². The predicted octanol–water partition coefficient (Wildman–Crippen LogP) is 3.20. The second kappa shape index (κ2) is 9.89. The van der Waals surface area contributed by atoms with Crippen LogP contribution >= 0.6 is 0 Å². The highest BCUT2D eigenvalue weighted by atomic mass is 16.1. The first kappa shape index (κ1) is 18.2. The molecule has 1 amide bonds. The van der Waals surface area contributed by atoms with Crippen LogP contribution in [0.2, 0.25) is 0 Å². The smallest absolute Gasteiger partial charge is 0.220 e. The van der Waals surface area contributed by atoms with Crippen LogP contribution in [-0.4, -0.2) is 25.5 Å². The van der Waals surface area contributed by atoms with Crippen LogP contribution in [0.4, 0.5) is 0 Å². The van der Waals surface area contributed by atoms with E-state index in [0.29, 0.717) is 18.9 Å². The normalized spacial score (nSPS) is 12.1. The minimum absolute atomic E-state index is 0.133. The first-order valence-corrected chi connectivity index (χ1v) is 8.69. The average Bonchev–Trinajstić information content (AvgIpc) is 2.61. The molecule has 3 heteroatoms. The molecule has 0 fully saturated rings. The number of nitrogens with one attached hydrogen (secondary N) is 2. The molecule has 3 nitrogen and oxygen atoms in total. The highest BCUT2D eigenvalue weighted by Crippen LogP contribution is 2.18. The van der Waals surface area contributed by atoms with Crippen LogP contribution in [-0.2, 0) is 17.6 Å². The lowest BCUT2D eigenvalue weighted by Crippen LogP contribution is -2.38. The summed E-state index contributed by atoms with van der Waals surface area (Å²) < 4.78 is 0. The zero-order valence-corrected chi connectivity index (χ0v) is 14.7. The number of hydrogen-bond acceptors (Lipinski definition) is 2. The lowest BCUT2D eigenvalue weighted by molar-refractivity contribution is -0.122. The fourth-order valence-electron chi connectivity index (χ4n) is 2.81. The molecular weight excluding hydrogens is 296 g/mol. The summed E-state index contributed by atoms with van der Waals surface area (Å²) in [5, 5.41) is 6.17. The van der Waals surface area contributed by atoms with Crippen molar-refractivity contribution in [2.45, 2.75) is 32.2 Å². The van der Waals surface area contributed by atoms with Gasteiger partial charge >= 0.3 is 0 Å². The van der Waals surface area contributed by atoms with Gasteiger partial charge in [-0.2, -0.15) is 0 Å². The fraction of sp³-hybridized carbons (Fsp3) is 0.381. The van der Waals surface area contributed by atoms with E-state index in [9.17, 15) is 4.79 Å². The Bertz CT molecular complexity index is 556. The number of likely N-dealkylation sites (N-methyl/N-ethyl adjacent to an activating group) is 1. The van der Waals surface area contributed by atoms with Crippen LogP contribution in [0.15, 0.2) is 60.7 Å². The quantitative estimate of drug-likeness (QED) is 0.744. The van der Waals surface area contributed by atoms with Crippen molar-refractivity contribution in [2.24, 2.45) is 5.92 Å². The lowest BCUT2D eigenvalue weighted by Gasteiger charge is -2.18. The Balaban J connectivity index is 1.98. The summed E-state index contributed by atoms with van der Waals surface area (Å²) in [6.45, 7) is 2.73. The highest BCUT2D eigenvalue weighted by molar-refractivity contribution is 5.76. The summed E-state index contributed by atoms with van der Waals surface area (Å²) in [6.07, 6.45) is 2.40. The number of carbonyl (C=O) groups excluding carboxylic acids is 1. The van der Waals surface area contributed by atoms with Crippen molar-refractivity contribution in [1.29, 1.82) is 0 Å². The summed E-state index contributed by atoms with van der Waals surface area (Å²) in [5.41, 5.74) is 2.57. The minimum atomic E-state index is 0.133. The molecule has 24 heavy (non-hydrogen) atoms. The molecule has 0 aliphatic carbocycles. The van der Waals surface area contributed by atoms with Crippen molar-refractivity contribution in [3.05, 3.63) is 71.8 Å². The molecule has 0 aliphatic heterocycles. The molecule has 2 aromatic carbocycles. The van der Waals surface area contributed by atoms with Gasteiger partial charge in [-0.25, -0.2) is 0 Å². The third kappa shape index (κ3) is 6.55. The molecule has 1 unspecified atom stereocenters. The van der Waals surface area contributed by atoms with E-state index < -0.39 is 0 Å². The van der Waals surface area contributed by atoms with Crippen LogP contribution < -0.4 is 10.6 Å². The van der Waals surface area contributed by atoms with Gasteiger partial charge < -0.3 is 10.6 Å². The third-order valence-corrected chi connectivity index (χ3v) is 4.31. The van der Waals surface area contributed by atoms with E-state index in [1.807, 2.05) is 19.2 Å². The standard InChI is InChI=1S/C21H28N2O/c1-17(22-2)16-23-21(24)15-20(13-18-9-5-3-6-10-18)14-19-11-7-4-8-12-19/h3-12,17,20,22H,13-16H2,1-2H3,(H,23,24). The maximum Gasteiger partial charge on any atom is 0.220 e.